The van der Waals surface area contributed by atoms with Gasteiger partial charge in [0.1, 0.15) is 6.04 Å². The van der Waals surface area contributed by atoms with Gasteiger partial charge >= 0.3 is 12.4 Å². The van der Waals surface area contributed by atoms with Gasteiger partial charge in [0.15, 0.2) is 0 Å². The first-order valence-electron chi connectivity index (χ1n) is 7.06. The third-order valence-corrected chi connectivity index (χ3v) is 3.22. The molecule has 0 saturated carbocycles. The Morgan fingerprint density at radius 1 is 1.04 bits per heavy atom. The average molecular weight is 429 g/mol. The van der Waals surface area contributed by atoms with Gasteiger partial charge in [-0.3, -0.25) is 4.79 Å². The zero-order valence-electron chi connectivity index (χ0n) is 13.4. The van der Waals surface area contributed by atoms with Gasteiger partial charge < -0.3 is 41.6 Å². The van der Waals surface area contributed by atoms with Gasteiger partial charge in [0.05, 0.1) is 17.7 Å². The first kappa shape index (κ1) is 27.0. The van der Waals surface area contributed by atoms with Crippen LogP contribution in [0, 0.1) is 0 Å². The van der Waals surface area contributed by atoms with Crippen LogP contribution in [0.15, 0.2) is 18.2 Å². The van der Waals surface area contributed by atoms with Crippen molar-refractivity contribution in [3.05, 3.63) is 34.9 Å². The summed E-state index contributed by atoms with van der Waals surface area (Å²) in [6, 6.07) is 0.512. The molecule has 0 aliphatic heterocycles. The number of nitrogens with two attached hydrogens (primary N) is 1. The van der Waals surface area contributed by atoms with Crippen molar-refractivity contribution in [2.75, 3.05) is 13.1 Å². The summed E-state index contributed by atoms with van der Waals surface area (Å²) in [6.07, 6.45) is -8.77. The van der Waals surface area contributed by atoms with Gasteiger partial charge in [0, 0.05) is 12.0 Å². The molecule has 12 heteroatoms. The maximum Gasteiger partial charge on any atom is 0.416 e. The molecule has 1 aromatic rings. The lowest BCUT2D eigenvalue weighted by molar-refractivity contribution is -0.418. The number of amides is 1. The van der Waals surface area contributed by atoms with Gasteiger partial charge in [0.2, 0.25) is 0 Å². The number of quaternary nitrogens is 1. The molecule has 0 spiro atoms. The Kier molecular flexibility index (Phi) is 11.2. The fourth-order valence-corrected chi connectivity index (χ4v) is 1.93. The molecule has 0 fully saturated rings. The van der Waals surface area contributed by atoms with E-state index in [9.17, 15) is 31.1 Å². The van der Waals surface area contributed by atoms with E-state index in [0.717, 1.165) is 0 Å². The molecule has 0 unspecified atom stereocenters. The maximum atomic E-state index is 12.7. The summed E-state index contributed by atoms with van der Waals surface area (Å²) in [5.41, 5.74) is 5.27. The van der Waals surface area contributed by atoms with Gasteiger partial charge in [-0.2, -0.15) is 26.3 Å². The molecule has 1 rings (SSSR count). The van der Waals surface area contributed by atoms with E-state index in [1.54, 1.807) is 0 Å². The van der Waals surface area contributed by atoms with Crippen LogP contribution in [-0.2, 0) is 12.4 Å². The van der Waals surface area contributed by atoms with Crippen LogP contribution in [0.5, 0.6) is 0 Å². The predicted octanol–water partition coefficient (Wildman–Crippen LogP) is -4.19. The van der Waals surface area contributed by atoms with Crippen molar-refractivity contribution >= 4 is 5.91 Å². The Hall–Kier alpha value is -1.23. The second-order valence-electron chi connectivity index (χ2n) is 5.30. The zero-order valence-corrected chi connectivity index (χ0v) is 14.9. The van der Waals surface area contributed by atoms with Crippen molar-refractivity contribution in [2.45, 2.75) is 31.2 Å². The van der Waals surface area contributed by atoms with Crippen LogP contribution < -0.4 is 41.6 Å². The van der Waals surface area contributed by atoms with E-state index < -0.39 is 35.0 Å². The Morgan fingerprint density at radius 3 is 1.88 bits per heavy atom. The minimum Gasteiger partial charge on any atom is -1.00 e. The Morgan fingerprint density at radius 2 is 1.50 bits per heavy atom. The molecule has 1 atom stereocenters. The largest absolute Gasteiger partial charge is 1.00 e. The topological polar surface area (TPSA) is 82.8 Å². The lowest BCUT2D eigenvalue weighted by Gasteiger charge is -2.15. The predicted molar refractivity (Wildman–Crippen MR) is 73.7 cm³/mol. The van der Waals surface area contributed by atoms with Gasteiger partial charge in [-0.1, -0.05) is 0 Å². The molecule has 0 aliphatic rings. The van der Waals surface area contributed by atoms with E-state index >= 15 is 0 Å². The van der Waals surface area contributed by atoms with Crippen LogP contribution in [0.2, 0.25) is 0 Å². The molecule has 4 nitrogen and oxygen atoms in total. The summed E-state index contributed by atoms with van der Waals surface area (Å²) in [5, 5.41) is 2.29. The van der Waals surface area contributed by atoms with E-state index in [1.807, 2.05) is 0 Å². The van der Waals surface area contributed by atoms with Crippen LogP contribution in [0.1, 0.15) is 34.3 Å². The normalized spacial score (nSPS) is 12.6. The molecule has 0 aromatic heterocycles. The van der Waals surface area contributed by atoms with Crippen LogP contribution in [-0.4, -0.2) is 25.0 Å². The van der Waals surface area contributed by atoms with Crippen molar-refractivity contribution in [3.8, 4) is 0 Å². The molecule has 0 heterocycles. The van der Waals surface area contributed by atoms with Crippen LogP contribution in [0.3, 0.4) is 0 Å². The molecule has 6 N–H and O–H groups in total. The van der Waals surface area contributed by atoms with Gasteiger partial charge in [-0.25, -0.2) is 0 Å². The fourth-order valence-electron chi connectivity index (χ4n) is 1.93. The maximum absolute atomic E-state index is 12.7. The minimum absolute atomic E-state index is 0. The molecule has 0 saturated heterocycles. The second kappa shape index (κ2) is 10.8. The monoisotopic (exact) mass is 428 g/mol. The number of rotatable bonds is 6. The standard InChI is InChI=1S/C14H17F6N3O.2ClH/c15-13(16,17)9-4-8(5-10(6-9)14(18,19)20)12(24)23-7-11(22)2-1-3-21;;/h4-6,11H,1-3,7,21-22H2,(H,23,24);2*1H/p-1/t11-;;/m0../s1. The highest BCUT2D eigenvalue weighted by molar-refractivity contribution is 5.94. The zero-order chi connectivity index (χ0) is 18.5. The molecule has 0 bridgehead atoms. The molecular weight excluding hydrogens is 411 g/mol. The van der Waals surface area contributed by atoms with E-state index in [1.165, 1.54) is 0 Å². The number of alkyl halides is 6. The van der Waals surface area contributed by atoms with Crippen molar-refractivity contribution < 1.29 is 61.7 Å². The van der Waals surface area contributed by atoms with E-state index in [0.29, 0.717) is 31.5 Å². The van der Waals surface area contributed by atoms with Crippen LogP contribution in [0.4, 0.5) is 26.3 Å². The summed E-state index contributed by atoms with van der Waals surface area (Å²) in [4.78, 5) is 11.9. The van der Waals surface area contributed by atoms with Crippen LogP contribution >= 0.6 is 0 Å². The summed E-state index contributed by atoms with van der Waals surface area (Å²) < 4.78 is 76.4. The number of hydrogen-bond acceptors (Lipinski definition) is 2. The second-order valence-corrected chi connectivity index (χ2v) is 5.30. The van der Waals surface area contributed by atoms with Crippen molar-refractivity contribution in [1.29, 1.82) is 0 Å². The first-order chi connectivity index (χ1) is 10.9. The fraction of sp³-hybridized carbons (Fsp3) is 0.500. The number of nitrogens with one attached hydrogen (secondary N) is 1. The van der Waals surface area contributed by atoms with E-state index in [4.69, 9.17) is 5.73 Å². The highest BCUT2D eigenvalue weighted by Crippen LogP contribution is 2.36. The molecule has 1 amide bonds. The van der Waals surface area contributed by atoms with E-state index in [-0.39, 0.29) is 43.5 Å². The smallest absolute Gasteiger partial charge is 0.416 e. The Bertz CT molecular complexity index is 549. The summed E-state index contributed by atoms with van der Waals surface area (Å²) in [6.45, 7) is 0.443. The summed E-state index contributed by atoms with van der Waals surface area (Å²) >= 11 is 0. The van der Waals surface area contributed by atoms with E-state index in [2.05, 4.69) is 11.1 Å². The Labute approximate surface area is 158 Å². The number of halogens is 8. The first-order valence-corrected chi connectivity index (χ1v) is 7.06. The SMILES string of the molecule is NCCC[C@H]([NH3+])CNC(=O)c1cc(C(F)(F)F)cc(C(F)(F)F)c1.[Cl-].[Cl-]. The molecule has 1 aromatic carbocycles. The summed E-state index contributed by atoms with van der Waals surface area (Å²) in [5.74, 6) is -1.02. The molecule has 0 radical (unpaired) electrons. The molecule has 152 valence electrons. The van der Waals surface area contributed by atoms with Crippen LogP contribution in [0.25, 0.3) is 0 Å². The molecular formula is C14H18Cl2F6N3O-. The molecule has 26 heavy (non-hydrogen) atoms. The van der Waals surface area contributed by atoms with Crippen molar-refractivity contribution in [2.24, 2.45) is 5.73 Å². The number of benzene rings is 1. The average Bonchev–Trinajstić information content (AvgIpc) is 2.48. The number of carbonyl (C=O) groups excluding carboxylic acids is 1. The Balaban J connectivity index is 0. The minimum atomic E-state index is -4.99. The highest BCUT2D eigenvalue weighted by Gasteiger charge is 2.37. The van der Waals surface area contributed by atoms with Gasteiger partial charge in [-0.15, -0.1) is 0 Å². The van der Waals surface area contributed by atoms with Crippen molar-refractivity contribution in [1.82, 2.24) is 5.32 Å². The lowest BCUT2D eigenvalue weighted by Crippen LogP contribution is -3.00. The van der Waals surface area contributed by atoms with Gasteiger partial charge in [0.25, 0.3) is 5.91 Å². The molecule has 0 aliphatic carbocycles. The third-order valence-electron chi connectivity index (χ3n) is 3.22. The third kappa shape index (κ3) is 8.43. The quantitative estimate of drug-likeness (QED) is 0.401. The van der Waals surface area contributed by atoms with Crippen molar-refractivity contribution in [3.63, 3.8) is 0 Å². The summed E-state index contributed by atoms with van der Waals surface area (Å²) in [7, 11) is 0. The highest BCUT2D eigenvalue weighted by atomic mass is 35.5. The lowest BCUT2D eigenvalue weighted by atomic mass is 10.0. The number of carbonyl (C=O) groups is 1. The number of hydrogen-bond donors (Lipinski definition) is 3. The van der Waals surface area contributed by atoms with Gasteiger partial charge in [-0.05, 0) is 31.2 Å².